The first-order valence-corrected chi connectivity index (χ1v) is 28.3. The van der Waals surface area contributed by atoms with Gasteiger partial charge < -0.3 is 29.0 Å². The number of rotatable bonds is 18. The summed E-state index contributed by atoms with van der Waals surface area (Å²) in [6, 6.07) is 28.8. The molecule has 3 N–H and O–H groups in total. The van der Waals surface area contributed by atoms with E-state index in [1.165, 1.54) is 54.8 Å². The topological polar surface area (TPSA) is 214 Å². The number of aromatic nitrogens is 6. The van der Waals surface area contributed by atoms with Crippen LogP contribution < -0.4 is 16.7 Å². The van der Waals surface area contributed by atoms with Gasteiger partial charge in [-0.3, -0.25) is 23.6 Å². The molecule has 2 fully saturated rings. The van der Waals surface area contributed by atoms with E-state index < -0.39 is 117 Å². The number of likely N-dealkylation sites (tertiary alicyclic amines) is 1. The molecule has 2 aliphatic heterocycles. The van der Waals surface area contributed by atoms with Crippen molar-refractivity contribution in [2.24, 2.45) is 0 Å². The fourth-order valence-corrected chi connectivity index (χ4v) is 11.5. The van der Waals surface area contributed by atoms with Gasteiger partial charge in [0, 0.05) is 13.1 Å². The van der Waals surface area contributed by atoms with Crippen molar-refractivity contribution in [2.75, 3.05) is 40.5 Å². The maximum atomic E-state index is 14.3. The molecule has 0 unspecified atom stereocenters. The Labute approximate surface area is 524 Å². The van der Waals surface area contributed by atoms with E-state index in [-0.39, 0.29) is 95.5 Å². The Bertz CT molecular complexity index is 3710. The highest BCUT2D eigenvalue weighted by molar-refractivity contribution is 5.73. The Kier molecular flexibility index (Phi) is 22.1. The molecule has 0 bridgehead atoms. The molecular formula is C63H66F12N8O10. The van der Waals surface area contributed by atoms with E-state index in [0.717, 1.165) is 5.56 Å². The lowest BCUT2D eigenvalue weighted by molar-refractivity contribution is -0.146. The molecule has 2 saturated heterocycles. The van der Waals surface area contributed by atoms with Crippen LogP contribution in [-0.2, 0) is 86.7 Å². The number of carbonyl (C=O) groups excluding carboxylic acids is 3. The summed E-state index contributed by atoms with van der Waals surface area (Å²) in [6.45, 7) is 1.71. The predicted molar refractivity (Wildman–Crippen MR) is 309 cm³/mol. The van der Waals surface area contributed by atoms with Crippen LogP contribution >= 0.6 is 0 Å². The number of hydrogen-bond acceptors (Lipinski definition) is 13. The summed E-state index contributed by atoms with van der Waals surface area (Å²) in [7, 11) is 2.40. The molecule has 2 aliphatic rings. The molecule has 0 radical (unpaired) electrons. The standard InChI is InChI=1S/C35H34F6N4O6.C27H28F6N4O4.CH4/c1-23(25-15-27(34(36,37)38)17-28(16-25)35(39,40)41)51-21-33(26-11-7-4-8-12-26)14-13-32(18-29(46)49-2,45-22-42-43-30(45)47)20-44(33)31(48)50-19-24-9-5-3-6-10-24;1-17(18-10-20(26(28,29)30)12-21(11-18)27(31,32)33)41-15-25(19-6-4-3-5-7-19)9-8-24(14-34-25,13-22(38)40-2)37-16-35-36-23(37)39;/h3-12,15-17,22-23H,13-14,18-21H2,1-2H3,(H,43,47);3-7,10-12,16-17,34H,8-9,13-15H2,1-2H3,(H,36,39);1H4/t23-,32-,33-;17-,24-,25-;/m11./s1. The molecule has 9 rings (SSSR count). The second kappa shape index (κ2) is 28.6. The van der Waals surface area contributed by atoms with E-state index >= 15 is 0 Å². The molecule has 7 aromatic rings. The summed E-state index contributed by atoms with van der Waals surface area (Å²) in [5.41, 5.74) is -10.7. The largest absolute Gasteiger partial charge is 0.469 e. The third-order valence-electron chi connectivity index (χ3n) is 16.6. The summed E-state index contributed by atoms with van der Waals surface area (Å²) in [5.74, 6) is -1.25. The van der Waals surface area contributed by atoms with E-state index in [4.69, 9.17) is 23.7 Å². The lowest BCUT2D eigenvalue weighted by Crippen LogP contribution is -2.64. The average molecular weight is 1320 g/mol. The monoisotopic (exact) mass is 1320 g/mol. The minimum absolute atomic E-state index is 0. The third kappa shape index (κ3) is 16.5. The quantitative estimate of drug-likeness (QED) is 0.0415. The van der Waals surface area contributed by atoms with Crippen molar-refractivity contribution in [1.29, 1.82) is 0 Å². The Morgan fingerprint density at radius 2 is 0.957 bits per heavy atom. The maximum Gasteiger partial charge on any atom is 0.416 e. The SMILES string of the molecule is C.COC(=O)C[C@]1(n2cn[nH]c2=O)CC[C@@](CO[C@H](C)c2cc(C(F)(F)F)cc(C(F)(F)F)c2)(c2ccccc2)N(C(=O)OCc2ccccc2)C1.COC(=O)C[C@]1(n2cn[nH]c2=O)CC[C@@](CO[C@H](C)c2cc(C(F)(F)F)cc(C(F)(F)F)c2)(c2ccccc2)NC1. The van der Waals surface area contributed by atoms with E-state index in [9.17, 15) is 76.7 Å². The first-order chi connectivity index (χ1) is 43.3. The van der Waals surface area contributed by atoms with Crippen LogP contribution in [0.3, 0.4) is 0 Å². The van der Waals surface area contributed by atoms with Gasteiger partial charge in [-0.05, 0) is 104 Å². The molecule has 2 aromatic heterocycles. The number of nitrogens with zero attached hydrogens (tertiary/aromatic N) is 5. The van der Waals surface area contributed by atoms with Gasteiger partial charge in [0.1, 0.15) is 19.3 Å². The smallest absolute Gasteiger partial charge is 0.416 e. The molecule has 0 saturated carbocycles. The fourth-order valence-electron chi connectivity index (χ4n) is 11.5. The maximum absolute atomic E-state index is 14.3. The molecular weight excluding hydrogens is 1260 g/mol. The van der Waals surface area contributed by atoms with Crippen molar-refractivity contribution < 1.29 is 90.8 Å². The molecule has 6 atom stereocenters. The Morgan fingerprint density at radius 1 is 0.548 bits per heavy atom. The molecule has 4 heterocycles. The van der Waals surface area contributed by atoms with Gasteiger partial charge in [-0.1, -0.05) is 98.4 Å². The molecule has 30 heteroatoms. The van der Waals surface area contributed by atoms with Gasteiger partial charge in [-0.25, -0.2) is 24.6 Å². The fraction of sp³-hybridized carbons (Fsp3) is 0.413. The highest BCUT2D eigenvalue weighted by Gasteiger charge is 2.55. The van der Waals surface area contributed by atoms with Crippen LogP contribution in [0.4, 0.5) is 57.5 Å². The lowest BCUT2D eigenvalue weighted by Gasteiger charge is -2.53. The number of halogens is 12. The Hall–Kier alpha value is -8.77. The second-order valence-electron chi connectivity index (χ2n) is 22.4. The number of hydrogen-bond donors (Lipinski definition) is 3. The van der Waals surface area contributed by atoms with Crippen LogP contribution in [0.15, 0.2) is 150 Å². The molecule has 0 aliphatic carbocycles. The lowest BCUT2D eigenvalue weighted by atomic mass is 9.73. The van der Waals surface area contributed by atoms with Crippen molar-refractivity contribution in [1.82, 2.24) is 39.7 Å². The van der Waals surface area contributed by atoms with Crippen LogP contribution in [0.1, 0.15) is 122 Å². The van der Waals surface area contributed by atoms with Crippen molar-refractivity contribution in [3.8, 4) is 0 Å². The van der Waals surface area contributed by atoms with E-state index in [1.54, 1.807) is 78.9 Å². The number of esters is 2. The molecule has 93 heavy (non-hydrogen) atoms. The number of carbonyl (C=O) groups is 3. The zero-order valence-electron chi connectivity index (χ0n) is 49.6. The van der Waals surface area contributed by atoms with Crippen molar-refractivity contribution in [2.45, 2.75) is 125 Å². The summed E-state index contributed by atoms with van der Waals surface area (Å²) in [4.78, 5) is 66.1. The van der Waals surface area contributed by atoms with E-state index in [2.05, 4.69) is 25.7 Å². The van der Waals surface area contributed by atoms with Crippen LogP contribution in [0, 0.1) is 0 Å². The van der Waals surface area contributed by atoms with Crippen LogP contribution in [0.5, 0.6) is 0 Å². The van der Waals surface area contributed by atoms with Crippen molar-refractivity contribution in [3.05, 3.63) is 211 Å². The number of ether oxygens (including phenoxy) is 5. The van der Waals surface area contributed by atoms with Crippen LogP contribution in [0.25, 0.3) is 0 Å². The van der Waals surface area contributed by atoms with E-state index in [0.29, 0.717) is 35.4 Å². The third-order valence-corrected chi connectivity index (χ3v) is 16.6. The zero-order chi connectivity index (χ0) is 67.1. The number of benzene rings is 5. The number of piperidine rings is 2. The number of H-pyrrole nitrogens is 2. The van der Waals surface area contributed by atoms with Crippen LogP contribution in [0.2, 0.25) is 0 Å². The minimum atomic E-state index is -5.07. The van der Waals surface area contributed by atoms with Crippen molar-refractivity contribution in [3.63, 3.8) is 0 Å². The first kappa shape index (κ1) is 71.7. The average Bonchev–Trinajstić information content (AvgIpc) is 1.61. The molecule has 502 valence electrons. The Balaban J connectivity index is 0.000000267. The molecule has 18 nitrogen and oxygen atoms in total. The number of amides is 1. The van der Waals surface area contributed by atoms with Gasteiger partial charge >= 0.3 is 54.1 Å². The summed E-state index contributed by atoms with van der Waals surface area (Å²) < 4.78 is 193. The summed E-state index contributed by atoms with van der Waals surface area (Å²) in [5, 5.41) is 15.6. The Morgan fingerprint density at radius 3 is 1.37 bits per heavy atom. The molecule has 5 aromatic carbocycles. The van der Waals surface area contributed by atoms with Gasteiger partial charge in [0.15, 0.2) is 0 Å². The number of alkyl halides is 12. The van der Waals surface area contributed by atoms with E-state index in [1.807, 2.05) is 12.1 Å². The normalized spacial score (nSPS) is 20.9. The van der Waals surface area contributed by atoms with Crippen LogP contribution in [-0.4, -0.2) is 93.0 Å². The van der Waals surface area contributed by atoms with Gasteiger partial charge in [0.25, 0.3) is 0 Å². The first-order valence-electron chi connectivity index (χ1n) is 28.3. The number of methoxy groups -OCH3 is 2. The molecule has 1 amide bonds. The summed E-state index contributed by atoms with van der Waals surface area (Å²) in [6.07, 6.45) is -20.9. The second-order valence-corrected chi connectivity index (χ2v) is 22.4. The van der Waals surface area contributed by atoms with Gasteiger partial charge in [0.2, 0.25) is 0 Å². The highest BCUT2D eigenvalue weighted by atomic mass is 19.4. The number of nitrogens with one attached hydrogen (secondary N) is 3. The molecule has 0 spiro atoms. The zero-order valence-corrected chi connectivity index (χ0v) is 49.6. The number of aromatic amines is 2. The van der Waals surface area contributed by atoms with Gasteiger partial charge in [0.05, 0.1) is 96.9 Å². The van der Waals surface area contributed by atoms with Gasteiger partial charge in [-0.15, -0.1) is 0 Å². The predicted octanol–water partition coefficient (Wildman–Crippen LogP) is 12.5. The highest BCUT2D eigenvalue weighted by Crippen LogP contribution is 2.48. The van der Waals surface area contributed by atoms with Gasteiger partial charge in [-0.2, -0.15) is 62.9 Å². The summed E-state index contributed by atoms with van der Waals surface area (Å²) >= 11 is 0. The minimum Gasteiger partial charge on any atom is -0.469 e. The van der Waals surface area contributed by atoms with Crippen molar-refractivity contribution >= 4 is 18.0 Å².